The quantitative estimate of drug-likeness (QED) is 0.906. The van der Waals surface area contributed by atoms with E-state index in [1.165, 1.54) is 19.4 Å². The smallest absolute Gasteiger partial charge is 0.0357 e. The van der Waals surface area contributed by atoms with Gasteiger partial charge in [-0.1, -0.05) is 6.92 Å². The van der Waals surface area contributed by atoms with Crippen molar-refractivity contribution in [3.8, 4) is 0 Å². The molecule has 1 aliphatic rings. The van der Waals surface area contributed by atoms with Gasteiger partial charge in [0.05, 0.1) is 0 Å². The highest BCUT2D eigenvalue weighted by Gasteiger charge is 2.26. The summed E-state index contributed by atoms with van der Waals surface area (Å²) in [5.41, 5.74) is 7.45. The van der Waals surface area contributed by atoms with Crippen LogP contribution in [0.5, 0.6) is 0 Å². The van der Waals surface area contributed by atoms with Crippen molar-refractivity contribution in [1.82, 2.24) is 4.90 Å². The third kappa shape index (κ3) is 2.77. The largest absolute Gasteiger partial charge is 0.327 e. The number of rotatable bonds is 3. The Morgan fingerprint density at radius 3 is 3.00 bits per heavy atom. The lowest BCUT2D eigenvalue weighted by atomic mass is 9.97. The van der Waals surface area contributed by atoms with Crippen molar-refractivity contribution in [2.45, 2.75) is 38.8 Å². The van der Waals surface area contributed by atoms with Gasteiger partial charge in [-0.05, 0) is 36.8 Å². The first kappa shape index (κ1) is 14.0. The van der Waals surface area contributed by atoms with Gasteiger partial charge in [-0.3, -0.25) is 4.90 Å². The second kappa shape index (κ2) is 6.01. The second-order valence-electron chi connectivity index (χ2n) is 4.45. The van der Waals surface area contributed by atoms with Crippen molar-refractivity contribution >= 4 is 23.7 Å². The van der Waals surface area contributed by atoms with Gasteiger partial charge in [0.1, 0.15) is 0 Å². The van der Waals surface area contributed by atoms with Gasteiger partial charge >= 0.3 is 0 Å². The summed E-state index contributed by atoms with van der Waals surface area (Å²) < 4.78 is 0. The van der Waals surface area contributed by atoms with Gasteiger partial charge in [-0.15, -0.1) is 23.7 Å². The van der Waals surface area contributed by atoms with E-state index in [2.05, 4.69) is 30.2 Å². The Bertz CT molecular complexity index is 325. The lowest BCUT2D eigenvalue weighted by molar-refractivity contribution is 0.174. The van der Waals surface area contributed by atoms with E-state index in [1.807, 2.05) is 11.3 Å². The van der Waals surface area contributed by atoms with E-state index in [-0.39, 0.29) is 18.4 Å². The maximum atomic E-state index is 5.90. The predicted octanol–water partition coefficient (Wildman–Crippen LogP) is 2.83. The summed E-state index contributed by atoms with van der Waals surface area (Å²) in [7, 11) is 0. The molecule has 0 bridgehead atoms. The Morgan fingerprint density at radius 1 is 1.62 bits per heavy atom. The summed E-state index contributed by atoms with van der Waals surface area (Å²) in [6, 6.07) is 3.17. The van der Waals surface area contributed by atoms with E-state index in [4.69, 9.17) is 5.73 Å². The van der Waals surface area contributed by atoms with Gasteiger partial charge in [0.25, 0.3) is 0 Å². The van der Waals surface area contributed by atoms with Crippen LogP contribution in [-0.2, 0) is 6.42 Å². The highest BCUT2D eigenvalue weighted by molar-refractivity contribution is 7.10. The topological polar surface area (TPSA) is 29.3 Å². The SMILES string of the molecule is CCC1c2ccsc2CCN1CC(C)N.Cl. The van der Waals surface area contributed by atoms with Crippen molar-refractivity contribution in [2.75, 3.05) is 13.1 Å². The van der Waals surface area contributed by atoms with E-state index >= 15 is 0 Å². The molecule has 0 aromatic carbocycles. The molecule has 0 fully saturated rings. The lowest BCUT2D eigenvalue weighted by Crippen LogP contribution is -2.41. The number of hydrogen-bond acceptors (Lipinski definition) is 3. The molecule has 1 aliphatic heterocycles. The second-order valence-corrected chi connectivity index (χ2v) is 5.45. The van der Waals surface area contributed by atoms with Gasteiger partial charge in [-0.25, -0.2) is 0 Å². The zero-order chi connectivity index (χ0) is 10.8. The standard InChI is InChI=1S/C12H20N2S.ClH/c1-3-11-10-5-7-15-12(10)4-6-14(11)8-9(2)13;/h5,7,9,11H,3-4,6,8,13H2,1-2H3;1H. The van der Waals surface area contributed by atoms with Gasteiger partial charge < -0.3 is 5.73 Å². The van der Waals surface area contributed by atoms with Gasteiger partial charge in [0, 0.05) is 30.1 Å². The monoisotopic (exact) mass is 260 g/mol. The number of fused-ring (bicyclic) bond motifs is 1. The molecule has 92 valence electrons. The molecule has 0 saturated carbocycles. The number of nitrogens with two attached hydrogens (primary N) is 1. The lowest BCUT2D eigenvalue weighted by Gasteiger charge is -2.36. The Hall–Kier alpha value is -0.0900. The van der Waals surface area contributed by atoms with Crippen molar-refractivity contribution < 1.29 is 0 Å². The molecule has 0 radical (unpaired) electrons. The van der Waals surface area contributed by atoms with Crippen LogP contribution in [0, 0.1) is 0 Å². The maximum Gasteiger partial charge on any atom is 0.0357 e. The highest BCUT2D eigenvalue weighted by Crippen LogP contribution is 2.34. The molecule has 2 heterocycles. The first-order valence-corrected chi connectivity index (χ1v) is 6.66. The maximum absolute atomic E-state index is 5.90. The summed E-state index contributed by atoms with van der Waals surface area (Å²) in [4.78, 5) is 4.13. The van der Waals surface area contributed by atoms with E-state index in [0.29, 0.717) is 6.04 Å². The first-order valence-electron chi connectivity index (χ1n) is 5.78. The summed E-state index contributed by atoms with van der Waals surface area (Å²) in [5, 5.41) is 2.22. The van der Waals surface area contributed by atoms with Gasteiger partial charge in [0.15, 0.2) is 0 Å². The normalized spacial score (nSPS) is 22.3. The molecule has 2 nitrogen and oxygen atoms in total. The van der Waals surface area contributed by atoms with Crippen LogP contribution in [0.2, 0.25) is 0 Å². The number of halogens is 1. The third-order valence-corrected chi connectivity index (χ3v) is 4.11. The average Bonchev–Trinajstić information content (AvgIpc) is 2.64. The molecule has 16 heavy (non-hydrogen) atoms. The molecular formula is C12H21ClN2S. The van der Waals surface area contributed by atoms with Crippen molar-refractivity contribution in [3.05, 3.63) is 21.9 Å². The van der Waals surface area contributed by atoms with Crippen LogP contribution in [0.3, 0.4) is 0 Å². The van der Waals surface area contributed by atoms with E-state index in [1.54, 1.807) is 10.4 Å². The van der Waals surface area contributed by atoms with Crippen LogP contribution >= 0.6 is 23.7 Å². The minimum absolute atomic E-state index is 0. The minimum Gasteiger partial charge on any atom is -0.327 e. The predicted molar refractivity (Wildman–Crippen MR) is 73.5 cm³/mol. The fourth-order valence-electron chi connectivity index (χ4n) is 2.51. The molecule has 2 atom stereocenters. The highest BCUT2D eigenvalue weighted by atomic mass is 35.5. The average molecular weight is 261 g/mol. The molecular weight excluding hydrogens is 240 g/mol. The molecule has 2 N–H and O–H groups in total. The summed E-state index contributed by atoms with van der Waals surface area (Å²) >= 11 is 1.91. The number of hydrogen-bond donors (Lipinski definition) is 1. The Morgan fingerprint density at radius 2 is 2.38 bits per heavy atom. The van der Waals surface area contributed by atoms with E-state index in [0.717, 1.165) is 6.54 Å². The summed E-state index contributed by atoms with van der Waals surface area (Å²) in [6.45, 7) is 6.56. The summed E-state index contributed by atoms with van der Waals surface area (Å²) in [6.07, 6.45) is 2.40. The van der Waals surface area contributed by atoms with Crippen LogP contribution in [0.4, 0.5) is 0 Å². The van der Waals surface area contributed by atoms with Crippen molar-refractivity contribution in [2.24, 2.45) is 5.73 Å². The van der Waals surface area contributed by atoms with Crippen LogP contribution in [0.1, 0.15) is 36.8 Å². The molecule has 0 spiro atoms. The Kier molecular flexibility index (Phi) is 5.25. The molecule has 0 saturated heterocycles. The molecule has 0 amide bonds. The van der Waals surface area contributed by atoms with Gasteiger partial charge in [-0.2, -0.15) is 0 Å². The van der Waals surface area contributed by atoms with Gasteiger partial charge in [0.2, 0.25) is 0 Å². The molecule has 1 aromatic heterocycles. The van der Waals surface area contributed by atoms with Crippen LogP contribution in [-0.4, -0.2) is 24.0 Å². The minimum atomic E-state index is 0. The zero-order valence-electron chi connectivity index (χ0n) is 9.98. The molecule has 4 heteroatoms. The zero-order valence-corrected chi connectivity index (χ0v) is 11.6. The Balaban J connectivity index is 0.00000128. The fraction of sp³-hybridized carbons (Fsp3) is 0.667. The first-order chi connectivity index (χ1) is 7.22. The summed E-state index contributed by atoms with van der Waals surface area (Å²) in [5.74, 6) is 0. The number of thiophene rings is 1. The fourth-order valence-corrected chi connectivity index (χ4v) is 3.44. The molecule has 2 unspecified atom stereocenters. The van der Waals surface area contributed by atoms with Crippen molar-refractivity contribution in [1.29, 1.82) is 0 Å². The van der Waals surface area contributed by atoms with Crippen LogP contribution in [0.25, 0.3) is 0 Å². The third-order valence-electron chi connectivity index (χ3n) is 3.11. The molecule has 2 rings (SSSR count). The number of nitrogens with zero attached hydrogens (tertiary/aromatic N) is 1. The van der Waals surface area contributed by atoms with Crippen LogP contribution in [0.15, 0.2) is 11.4 Å². The van der Waals surface area contributed by atoms with Crippen molar-refractivity contribution in [3.63, 3.8) is 0 Å². The van der Waals surface area contributed by atoms with Crippen LogP contribution < -0.4 is 5.73 Å². The molecule has 0 aliphatic carbocycles. The van der Waals surface area contributed by atoms with E-state index in [9.17, 15) is 0 Å². The van der Waals surface area contributed by atoms with E-state index < -0.39 is 0 Å². The molecule has 1 aromatic rings. The Labute approximate surface area is 108 Å².